The molecule has 3 saturated carbocycles. The van der Waals surface area contributed by atoms with Gasteiger partial charge in [0, 0.05) is 0 Å². The highest BCUT2D eigenvalue weighted by molar-refractivity contribution is 5.41. The zero-order valence-corrected chi connectivity index (χ0v) is 16.0. The second-order valence-corrected chi connectivity index (χ2v) is 10.3. The molecule has 3 fully saturated rings. The molecule has 1 N–H and O–H groups in total. The summed E-state index contributed by atoms with van der Waals surface area (Å²) in [7, 11) is 0. The molecule has 5 aliphatic carbocycles. The Kier molecular flexibility index (Phi) is 3.66. The molecule has 5 aliphatic rings. The van der Waals surface area contributed by atoms with E-state index in [9.17, 15) is 5.11 Å². The lowest BCUT2D eigenvalue weighted by Crippen LogP contribution is -2.53. The van der Waals surface area contributed by atoms with E-state index < -0.39 is 0 Å². The van der Waals surface area contributed by atoms with Crippen molar-refractivity contribution in [3.63, 3.8) is 0 Å². The third-order valence-electron chi connectivity index (χ3n) is 9.45. The normalized spacial score (nSPS) is 51.4. The van der Waals surface area contributed by atoms with Crippen LogP contribution >= 0.6 is 0 Å². The Morgan fingerprint density at radius 2 is 1.80 bits per heavy atom. The number of rotatable bonds is 1. The molecular formula is C24H34O. The molecule has 0 bridgehead atoms. The summed E-state index contributed by atoms with van der Waals surface area (Å²) in [5, 5.41) is 10.6. The Labute approximate surface area is 153 Å². The molecule has 1 nitrogen and oxygen atoms in total. The minimum absolute atomic E-state index is 0.0383. The summed E-state index contributed by atoms with van der Waals surface area (Å²) in [6.07, 6.45) is 21.0. The van der Waals surface area contributed by atoms with Crippen LogP contribution in [0.25, 0.3) is 0 Å². The molecule has 0 spiro atoms. The van der Waals surface area contributed by atoms with Crippen LogP contribution in [-0.2, 0) is 0 Å². The van der Waals surface area contributed by atoms with Gasteiger partial charge in [-0.15, -0.1) is 0 Å². The molecule has 0 aromatic rings. The van der Waals surface area contributed by atoms with E-state index in [2.05, 4.69) is 38.2 Å². The maximum Gasteiger partial charge on any atom is 0.0596 e. The van der Waals surface area contributed by atoms with Gasteiger partial charge in [-0.2, -0.15) is 0 Å². The average molecular weight is 339 g/mol. The van der Waals surface area contributed by atoms with Gasteiger partial charge in [0.15, 0.2) is 0 Å². The van der Waals surface area contributed by atoms with Crippen LogP contribution in [0.2, 0.25) is 0 Å². The lowest BCUT2D eigenvalue weighted by Gasteiger charge is -2.60. The van der Waals surface area contributed by atoms with Crippen LogP contribution in [0.4, 0.5) is 0 Å². The van der Waals surface area contributed by atoms with Crippen molar-refractivity contribution < 1.29 is 5.11 Å². The molecule has 0 aromatic heterocycles. The van der Waals surface area contributed by atoms with Crippen LogP contribution in [0.1, 0.15) is 71.6 Å². The molecule has 0 aliphatic heterocycles. The van der Waals surface area contributed by atoms with E-state index >= 15 is 0 Å². The first-order valence-corrected chi connectivity index (χ1v) is 10.8. The average Bonchev–Trinajstić information content (AvgIpc) is 3.23. The smallest absolute Gasteiger partial charge is 0.0596 e. The van der Waals surface area contributed by atoms with Gasteiger partial charge in [-0.3, -0.25) is 0 Å². The van der Waals surface area contributed by atoms with Crippen molar-refractivity contribution >= 4 is 0 Å². The third kappa shape index (κ3) is 2.24. The first-order valence-electron chi connectivity index (χ1n) is 10.8. The van der Waals surface area contributed by atoms with Gasteiger partial charge in [0.1, 0.15) is 0 Å². The van der Waals surface area contributed by atoms with Crippen LogP contribution < -0.4 is 0 Å². The summed E-state index contributed by atoms with van der Waals surface area (Å²) in [5.74, 6) is 3.43. The Morgan fingerprint density at radius 1 is 0.960 bits per heavy atom. The van der Waals surface area contributed by atoms with Crippen LogP contribution in [0.3, 0.4) is 0 Å². The topological polar surface area (TPSA) is 20.2 Å². The van der Waals surface area contributed by atoms with Gasteiger partial charge in [-0.1, -0.05) is 38.2 Å². The zero-order chi connectivity index (χ0) is 17.2. The molecule has 0 amide bonds. The molecule has 0 aromatic carbocycles. The monoisotopic (exact) mass is 338 g/mol. The van der Waals surface area contributed by atoms with E-state index in [0.29, 0.717) is 5.41 Å². The highest BCUT2D eigenvalue weighted by Crippen LogP contribution is 2.66. The molecule has 1 unspecified atom stereocenters. The number of aliphatic hydroxyl groups is 1. The number of hydrogen-bond acceptors (Lipinski definition) is 1. The zero-order valence-electron chi connectivity index (χ0n) is 16.0. The van der Waals surface area contributed by atoms with Crippen molar-refractivity contribution in [3.8, 4) is 0 Å². The minimum atomic E-state index is -0.0383. The molecule has 5 rings (SSSR count). The molecule has 7 atom stereocenters. The summed E-state index contributed by atoms with van der Waals surface area (Å²) >= 11 is 0. The lowest BCUT2D eigenvalue weighted by molar-refractivity contribution is -0.109. The van der Waals surface area contributed by atoms with E-state index in [0.717, 1.165) is 36.5 Å². The van der Waals surface area contributed by atoms with Crippen molar-refractivity contribution in [2.24, 2.45) is 34.5 Å². The molecule has 1 heteroatoms. The third-order valence-corrected chi connectivity index (χ3v) is 9.45. The van der Waals surface area contributed by atoms with Crippen LogP contribution in [-0.4, -0.2) is 11.2 Å². The van der Waals surface area contributed by atoms with Crippen LogP contribution in [0.15, 0.2) is 35.5 Å². The van der Waals surface area contributed by atoms with Gasteiger partial charge in [0.25, 0.3) is 0 Å². The van der Waals surface area contributed by atoms with Gasteiger partial charge in [0.2, 0.25) is 0 Å². The summed E-state index contributed by atoms with van der Waals surface area (Å²) in [6, 6.07) is 0. The minimum Gasteiger partial charge on any atom is -0.393 e. The SMILES string of the molecule is C[C@]12CC[C@H]3[C@@H](CCC4CC(C5=CC=CC5)=CC[C@@]43C)[C@@H]1CC[C@@H]2O. The molecule has 25 heavy (non-hydrogen) atoms. The van der Waals surface area contributed by atoms with Crippen molar-refractivity contribution in [1.29, 1.82) is 0 Å². The Hall–Kier alpha value is -0.820. The predicted molar refractivity (Wildman–Crippen MR) is 103 cm³/mol. The molecule has 136 valence electrons. The highest BCUT2D eigenvalue weighted by Gasteiger charge is 2.59. The Bertz CT molecular complexity index is 655. The molecular weight excluding hydrogens is 304 g/mol. The number of hydrogen-bond donors (Lipinski definition) is 1. The van der Waals surface area contributed by atoms with Crippen LogP contribution in [0.5, 0.6) is 0 Å². The fourth-order valence-corrected chi connectivity index (χ4v) is 7.80. The number of allylic oxidation sites excluding steroid dienone is 6. The first-order chi connectivity index (χ1) is 12.0. The maximum absolute atomic E-state index is 10.6. The highest BCUT2D eigenvalue weighted by atomic mass is 16.3. The Balaban J connectivity index is 1.42. The summed E-state index contributed by atoms with van der Waals surface area (Å²) in [5.41, 5.74) is 3.97. The van der Waals surface area contributed by atoms with Crippen LogP contribution in [0, 0.1) is 34.5 Å². The fraction of sp³-hybridized carbons (Fsp3) is 0.750. The molecule has 0 saturated heterocycles. The first kappa shape index (κ1) is 16.4. The van der Waals surface area contributed by atoms with Crippen molar-refractivity contribution in [2.45, 2.75) is 77.7 Å². The second-order valence-electron chi connectivity index (χ2n) is 10.3. The van der Waals surface area contributed by atoms with Gasteiger partial charge < -0.3 is 5.11 Å². The van der Waals surface area contributed by atoms with E-state index in [1.54, 1.807) is 11.1 Å². The van der Waals surface area contributed by atoms with E-state index in [1.807, 2.05) is 0 Å². The van der Waals surface area contributed by atoms with Crippen molar-refractivity contribution in [3.05, 3.63) is 35.5 Å². The van der Waals surface area contributed by atoms with Gasteiger partial charge >= 0.3 is 0 Å². The van der Waals surface area contributed by atoms with E-state index in [1.165, 1.54) is 44.9 Å². The van der Waals surface area contributed by atoms with Gasteiger partial charge in [0.05, 0.1) is 6.10 Å². The quantitative estimate of drug-likeness (QED) is 0.639. The van der Waals surface area contributed by atoms with Crippen molar-refractivity contribution in [1.82, 2.24) is 0 Å². The van der Waals surface area contributed by atoms with E-state index in [-0.39, 0.29) is 11.5 Å². The fourth-order valence-electron chi connectivity index (χ4n) is 7.80. The van der Waals surface area contributed by atoms with Gasteiger partial charge in [-0.05, 0) is 103 Å². The number of aliphatic hydroxyl groups excluding tert-OH is 1. The van der Waals surface area contributed by atoms with Gasteiger partial charge in [-0.25, -0.2) is 0 Å². The maximum atomic E-state index is 10.6. The summed E-state index contributed by atoms with van der Waals surface area (Å²) in [4.78, 5) is 0. The Morgan fingerprint density at radius 3 is 2.60 bits per heavy atom. The summed E-state index contributed by atoms with van der Waals surface area (Å²) < 4.78 is 0. The second kappa shape index (κ2) is 5.59. The molecule has 0 heterocycles. The lowest BCUT2D eigenvalue weighted by atomic mass is 9.45. The number of fused-ring (bicyclic) bond motifs is 5. The standard InChI is InChI=1S/C24H34O/c1-23-13-11-17(16-5-3-4-6-16)15-18(23)7-8-19-20-9-10-22(25)24(20,2)14-12-21(19)23/h3-5,11,18-22,25H,6-10,12-15H2,1-2H3/t18?,19-,20-,21-,22-,23-,24-/m0/s1. The van der Waals surface area contributed by atoms with Crippen molar-refractivity contribution in [2.75, 3.05) is 0 Å². The largest absolute Gasteiger partial charge is 0.393 e. The predicted octanol–water partition coefficient (Wildman–Crippen LogP) is 5.81. The summed E-state index contributed by atoms with van der Waals surface area (Å²) in [6.45, 7) is 5.02. The molecule has 0 radical (unpaired) electrons. The van der Waals surface area contributed by atoms with E-state index in [4.69, 9.17) is 0 Å².